The third kappa shape index (κ3) is 2.95. The Morgan fingerprint density at radius 1 is 1.50 bits per heavy atom. The summed E-state index contributed by atoms with van der Waals surface area (Å²) in [5, 5.41) is 3.40. The summed E-state index contributed by atoms with van der Waals surface area (Å²) in [5.41, 5.74) is 0. The molecule has 1 amide bonds. The first-order chi connectivity index (χ1) is 7.61. The van der Waals surface area contributed by atoms with Gasteiger partial charge in [-0.2, -0.15) is 0 Å². The molecule has 2 atom stereocenters. The van der Waals surface area contributed by atoms with Gasteiger partial charge in [0.05, 0.1) is 12.2 Å². The van der Waals surface area contributed by atoms with Crippen LogP contribution >= 0.6 is 0 Å². The molecule has 1 N–H and O–H groups in total. The second-order valence-corrected chi connectivity index (χ2v) is 4.69. The fraction of sp³-hybridized carbons (Fsp3) is 0.917. The van der Waals surface area contributed by atoms with E-state index in [2.05, 4.69) is 26.1 Å². The molecule has 2 unspecified atom stereocenters. The van der Waals surface area contributed by atoms with Crippen LogP contribution in [0.15, 0.2) is 0 Å². The van der Waals surface area contributed by atoms with Crippen molar-refractivity contribution in [1.29, 1.82) is 0 Å². The maximum atomic E-state index is 12.1. The Labute approximate surface area is 98.3 Å². The standard InChI is InChI=1S/C12H24N2O2/c1-5-10-13-11(9(2)3)12(15)14(10)7-6-8-16-4/h9-11,13H,5-8H2,1-4H3. The van der Waals surface area contributed by atoms with Crippen LogP contribution in [0.2, 0.25) is 0 Å². The average molecular weight is 228 g/mol. The first-order valence-electron chi connectivity index (χ1n) is 6.17. The molecule has 1 saturated heterocycles. The van der Waals surface area contributed by atoms with Crippen LogP contribution in [0, 0.1) is 5.92 Å². The zero-order chi connectivity index (χ0) is 12.1. The van der Waals surface area contributed by atoms with Crippen molar-refractivity contribution in [3.8, 4) is 0 Å². The zero-order valence-corrected chi connectivity index (χ0v) is 10.8. The Kier molecular flexibility index (Phi) is 5.22. The number of carbonyl (C=O) groups is 1. The number of ether oxygens (including phenoxy) is 1. The summed E-state index contributed by atoms with van der Waals surface area (Å²) < 4.78 is 5.02. The van der Waals surface area contributed by atoms with Crippen molar-refractivity contribution < 1.29 is 9.53 Å². The summed E-state index contributed by atoms with van der Waals surface area (Å²) in [6.07, 6.45) is 2.07. The molecule has 0 aliphatic carbocycles. The summed E-state index contributed by atoms with van der Waals surface area (Å²) in [6, 6.07) is -0.00695. The minimum Gasteiger partial charge on any atom is -0.385 e. The van der Waals surface area contributed by atoms with Gasteiger partial charge in [-0.25, -0.2) is 0 Å². The van der Waals surface area contributed by atoms with Gasteiger partial charge < -0.3 is 9.64 Å². The van der Waals surface area contributed by atoms with E-state index in [0.717, 1.165) is 19.4 Å². The highest BCUT2D eigenvalue weighted by Gasteiger charge is 2.38. The molecule has 0 saturated carbocycles. The molecule has 0 spiro atoms. The maximum absolute atomic E-state index is 12.1. The van der Waals surface area contributed by atoms with E-state index in [1.807, 2.05) is 4.90 Å². The summed E-state index contributed by atoms with van der Waals surface area (Å²) >= 11 is 0. The quantitative estimate of drug-likeness (QED) is 0.695. The number of rotatable bonds is 6. The largest absolute Gasteiger partial charge is 0.385 e. The predicted octanol–water partition coefficient (Wildman–Crippen LogP) is 1.22. The molecule has 94 valence electrons. The van der Waals surface area contributed by atoms with Crippen molar-refractivity contribution in [3.63, 3.8) is 0 Å². The molecular formula is C12H24N2O2. The normalized spacial score (nSPS) is 25.8. The molecule has 0 bridgehead atoms. The molecule has 1 aliphatic rings. The van der Waals surface area contributed by atoms with Crippen LogP contribution in [0.5, 0.6) is 0 Å². The summed E-state index contributed by atoms with van der Waals surface area (Å²) in [4.78, 5) is 14.1. The molecular weight excluding hydrogens is 204 g/mol. The van der Waals surface area contributed by atoms with Gasteiger partial charge in [0.2, 0.25) is 5.91 Å². The van der Waals surface area contributed by atoms with Gasteiger partial charge in [-0.3, -0.25) is 10.1 Å². The van der Waals surface area contributed by atoms with E-state index in [-0.39, 0.29) is 18.1 Å². The van der Waals surface area contributed by atoms with Gasteiger partial charge >= 0.3 is 0 Å². The topological polar surface area (TPSA) is 41.6 Å². The van der Waals surface area contributed by atoms with Crippen LogP contribution < -0.4 is 5.32 Å². The van der Waals surface area contributed by atoms with Crippen molar-refractivity contribution in [2.45, 2.75) is 45.8 Å². The van der Waals surface area contributed by atoms with Crippen molar-refractivity contribution >= 4 is 5.91 Å². The lowest BCUT2D eigenvalue weighted by Crippen LogP contribution is -2.37. The molecule has 0 aromatic carbocycles. The van der Waals surface area contributed by atoms with E-state index < -0.39 is 0 Å². The van der Waals surface area contributed by atoms with Crippen molar-refractivity contribution in [3.05, 3.63) is 0 Å². The zero-order valence-electron chi connectivity index (χ0n) is 10.8. The molecule has 0 aromatic heterocycles. The SMILES string of the molecule is CCC1NC(C(C)C)C(=O)N1CCCOC. The number of methoxy groups -OCH3 is 1. The number of nitrogens with one attached hydrogen (secondary N) is 1. The number of hydrogen-bond donors (Lipinski definition) is 1. The van der Waals surface area contributed by atoms with Crippen LogP contribution in [0.1, 0.15) is 33.6 Å². The third-order valence-corrected chi connectivity index (χ3v) is 3.10. The molecule has 0 aromatic rings. The van der Waals surface area contributed by atoms with E-state index in [4.69, 9.17) is 4.74 Å². The Balaban J connectivity index is 2.55. The second kappa shape index (κ2) is 6.21. The number of hydrogen-bond acceptors (Lipinski definition) is 3. The molecule has 0 radical (unpaired) electrons. The summed E-state index contributed by atoms with van der Waals surface area (Å²) in [5.74, 6) is 0.604. The first-order valence-corrected chi connectivity index (χ1v) is 6.17. The molecule has 1 rings (SSSR count). The number of amides is 1. The van der Waals surface area contributed by atoms with Crippen LogP contribution in [0.3, 0.4) is 0 Å². The Morgan fingerprint density at radius 3 is 2.69 bits per heavy atom. The van der Waals surface area contributed by atoms with Gasteiger partial charge in [0, 0.05) is 20.3 Å². The highest BCUT2D eigenvalue weighted by molar-refractivity contribution is 5.84. The smallest absolute Gasteiger partial charge is 0.241 e. The van der Waals surface area contributed by atoms with Gasteiger partial charge in [-0.05, 0) is 18.8 Å². The monoisotopic (exact) mass is 228 g/mol. The first kappa shape index (κ1) is 13.5. The maximum Gasteiger partial charge on any atom is 0.241 e. The lowest BCUT2D eigenvalue weighted by atomic mass is 10.1. The van der Waals surface area contributed by atoms with Gasteiger partial charge in [0.1, 0.15) is 0 Å². The highest BCUT2D eigenvalue weighted by Crippen LogP contribution is 2.18. The van der Waals surface area contributed by atoms with Gasteiger partial charge in [-0.1, -0.05) is 20.8 Å². The van der Waals surface area contributed by atoms with Crippen molar-refractivity contribution in [2.75, 3.05) is 20.3 Å². The van der Waals surface area contributed by atoms with E-state index in [1.165, 1.54) is 0 Å². The Morgan fingerprint density at radius 2 is 2.19 bits per heavy atom. The lowest BCUT2D eigenvalue weighted by molar-refractivity contribution is -0.130. The average Bonchev–Trinajstić information content (AvgIpc) is 2.57. The third-order valence-electron chi connectivity index (χ3n) is 3.10. The van der Waals surface area contributed by atoms with E-state index in [1.54, 1.807) is 7.11 Å². The molecule has 1 fully saturated rings. The molecule has 4 nitrogen and oxygen atoms in total. The van der Waals surface area contributed by atoms with E-state index in [9.17, 15) is 4.79 Å². The Hall–Kier alpha value is -0.610. The van der Waals surface area contributed by atoms with Gasteiger partial charge in [0.25, 0.3) is 0 Å². The van der Waals surface area contributed by atoms with Crippen molar-refractivity contribution in [2.24, 2.45) is 5.92 Å². The molecule has 1 aliphatic heterocycles. The van der Waals surface area contributed by atoms with Gasteiger partial charge in [0.15, 0.2) is 0 Å². The fourth-order valence-corrected chi connectivity index (χ4v) is 2.16. The van der Waals surface area contributed by atoms with Crippen LogP contribution in [0.4, 0.5) is 0 Å². The predicted molar refractivity (Wildman–Crippen MR) is 64.0 cm³/mol. The van der Waals surface area contributed by atoms with Crippen LogP contribution in [-0.4, -0.2) is 43.3 Å². The van der Waals surface area contributed by atoms with Gasteiger partial charge in [-0.15, -0.1) is 0 Å². The van der Waals surface area contributed by atoms with Crippen LogP contribution in [-0.2, 0) is 9.53 Å². The lowest BCUT2D eigenvalue weighted by Gasteiger charge is -2.22. The second-order valence-electron chi connectivity index (χ2n) is 4.69. The molecule has 16 heavy (non-hydrogen) atoms. The summed E-state index contributed by atoms with van der Waals surface area (Å²) in [6.45, 7) is 7.78. The number of carbonyl (C=O) groups excluding carboxylic acids is 1. The summed E-state index contributed by atoms with van der Waals surface area (Å²) in [7, 11) is 1.69. The minimum absolute atomic E-state index is 0.00695. The fourth-order valence-electron chi connectivity index (χ4n) is 2.16. The van der Waals surface area contributed by atoms with E-state index >= 15 is 0 Å². The van der Waals surface area contributed by atoms with Crippen molar-refractivity contribution in [1.82, 2.24) is 10.2 Å². The molecule has 4 heteroatoms. The molecule has 1 heterocycles. The minimum atomic E-state index is -0.00695. The highest BCUT2D eigenvalue weighted by atomic mass is 16.5. The van der Waals surface area contributed by atoms with E-state index in [0.29, 0.717) is 12.5 Å². The Bertz CT molecular complexity index is 231. The number of nitrogens with zero attached hydrogens (tertiary/aromatic N) is 1. The van der Waals surface area contributed by atoms with Crippen LogP contribution in [0.25, 0.3) is 0 Å².